The van der Waals surface area contributed by atoms with Crippen molar-refractivity contribution in [1.82, 2.24) is 9.78 Å². The predicted molar refractivity (Wildman–Crippen MR) is 39.5 cm³/mol. The zero-order valence-electron chi connectivity index (χ0n) is 7.42. The second-order valence-electron chi connectivity index (χ2n) is 2.61. The van der Waals surface area contributed by atoms with Crippen molar-refractivity contribution < 1.29 is 22.7 Å². The lowest BCUT2D eigenvalue weighted by Crippen LogP contribution is -2.10. The van der Waals surface area contributed by atoms with Crippen molar-refractivity contribution in [3.8, 4) is 5.75 Å². The number of halogens is 3. The zero-order chi connectivity index (χ0) is 10.9. The number of hydrogen-bond donors (Lipinski definition) is 0. The molecule has 0 aliphatic heterocycles. The Morgan fingerprint density at radius 1 is 1.57 bits per heavy atom. The molecule has 0 N–H and O–H groups in total. The molecule has 0 amide bonds. The Kier molecular flexibility index (Phi) is 2.50. The highest BCUT2D eigenvalue weighted by molar-refractivity contribution is 5.69. The Morgan fingerprint density at radius 2 is 2.14 bits per heavy atom. The van der Waals surface area contributed by atoms with E-state index in [1.54, 1.807) is 0 Å². The lowest BCUT2D eigenvalue weighted by molar-refractivity contribution is -0.144. The molecule has 1 aromatic rings. The summed E-state index contributed by atoms with van der Waals surface area (Å²) in [4.78, 5) is 10.5. The number of aryl methyl sites for hydroxylation is 1. The topological polar surface area (TPSA) is 44.1 Å². The summed E-state index contributed by atoms with van der Waals surface area (Å²) in [5.41, 5.74) is -1.20. The van der Waals surface area contributed by atoms with Crippen molar-refractivity contribution in [2.75, 3.05) is 0 Å². The van der Waals surface area contributed by atoms with Crippen LogP contribution >= 0.6 is 0 Å². The highest BCUT2D eigenvalue weighted by atomic mass is 19.4. The molecule has 1 heterocycles. The quantitative estimate of drug-likeness (QED) is 0.654. The lowest BCUT2D eigenvalue weighted by Gasteiger charge is -2.04. The molecule has 0 unspecified atom stereocenters. The predicted octanol–water partition coefficient (Wildman–Crippen LogP) is 1.36. The number of carbonyl (C=O) groups excluding carboxylic acids is 1. The number of esters is 1. The summed E-state index contributed by atoms with van der Waals surface area (Å²) in [6.07, 6.45) is -3.63. The van der Waals surface area contributed by atoms with Crippen LogP contribution in [0.3, 0.4) is 0 Å². The fraction of sp³-hybridized carbons (Fsp3) is 0.429. The first kappa shape index (κ1) is 10.6. The van der Waals surface area contributed by atoms with Crippen molar-refractivity contribution in [1.29, 1.82) is 0 Å². The highest BCUT2D eigenvalue weighted by Crippen LogP contribution is 2.34. The second kappa shape index (κ2) is 3.32. The van der Waals surface area contributed by atoms with Gasteiger partial charge in [-0.1, -0.05) is 0 Å². The van der Waals surface area contributed by atoms with Crippen LogP contribution in [0, 0.1) is 0 Å². The third-order valence-electron chi connectivity index (χ3n) is 1.32. The minimum Gasteiger partial charge on any atom is -0.423 e. The number of carbonyl (C=O) groups is 1. The van der Waals surface area contributed by atoms with Gasteiger partial charge >= 0.3 is 12.1 Å². The molecule has 1 rings (SSSR count). The van der Waals surface area contributed by atoms with Gasteiger partial charge in [-0.25, -0.2) is 0 Å². The lowest BCUT2D eigenvalue weighted by atomic mass is 10.4. The first-order valence-corrected chi connectivity index (χ1v) is 3.60. The average Bonchev–Trinajstić information content (AvgIpc) is 2.28. The van der Waals surface area contributed by atoms with E-state index in [0.717, 1.165) is 17.8 Å². The smallest absolute Gasteiger partial charge is 0.423 e. The average molecular weight is 208 g/mol. The minimum absolute atomic E-state index is 0.576. The van der Waals surface area contributed by atoms with Crippen molar-refractivity contribution >= 4 is 5.97 Å². The van der Waals surface area contributed by atoms with Gasteiger partial charge in [0.1, 0.15) is 0 Å². The van der Waals surface area contributed by atoms with E-state index in [-0.39, 0.29) is 0 Å². The van der Waals surface area contributed by atoms with Gasteiger partial charge in [-0.3, -0.25) is 9.48 Å². The van der Waals surface area contributed by atoms with Crippen molar-refractivity contribution in [3.05, 3.63) is 11.9 Å². The number of nitrogens with zero attached hydrogens (tertiary/aromatic N) is 2. The van der Waals surface area contributed by atoms with Crippen LogP contribution in [0.1, 0.15) is 12.6 Å². The minimum atomic E-state index is -4.62. The maximum atomic E-state index is 12.2. The van der Waals surface area contributed by atoms with Gasteiger partial charge in [-0.2, -0.15) is 18.3 Å². The number of hydrogen-bond acceptors (Lipinski definition) is 3. The van der Waals surface area contributed by atoms with Crippen molar-refractivity contribution in [2.45, 2.75) is 13.1 Å². The number of alkyl halides is 3. The molecular formula is C7H7F3N2O2. The van der Waals surface area contributed by atoms with Crippen LogP contribution < -0.4 is 4.74 Å². The van der Waals surface area contributed by atoms with Gasteiger partial charge in [0.15, 0.2) is 5.75 Å². The SMILES string of the molecule is CC(=O)Oc1cn(C)nc1C(F)(F)F. The molecule has 0 radical (unpaired) electrons. The maximum Gasteiger partial charge on any atom is 0.438 e. The van der Waals surface area contributed by atoms with Crippen LogP contribution in [0.5, 0.6) is 5.75 Å². The maximum absolute atomic E-state index is 12.2. The number of ether oxygens (including phenoxy) is 1. The van der Waals surface area contributed by atoms with E-state index in [9.17, 15) is 18.0 Å². The van der Waals surface area contributed by atoms with Crippen LogP contribution in [0.15, 0.2) is 6.20 Å². The molecule has 0 aliphatic rings. The summed E-state index contributed by atoms with van der Waals surface area (Å²) < 4.78 is 42.0. The fourth-order valence-corrected chi connectivity index (χ4v) is 0.893. The molecule has 0 fully saturated rings. The third-order valence-corrected chi connectivity index (χ3v) is 1.32. The van der Waals surface area contributed by atoms with Gasteiger partial charge in [-0.15, -0.1) is 0 Å². The second-order valence-corrected chi connectivity index (χ2v) is 2.61. The van der Waals surface area contributed by atoms with Gasteiger partial charge in [0.25, 0.3) is 0 Å². The van der Waals surface area contributed by atoms with E-state index in [0.29, 0.717) is 0 Å². The van der Waals surface area contributed by atoms with Gasteiger partial charge in [0.2, 0.25) is 5.69 Å². The Hall–Kier alpha value is -1.53. The summed E-state index contributed by atoms with van der Waals surface area (Å²) in [6, 6.07) is 0. The molecule has 1 aromatic heterocycles. The molecule has 0 aliphatic carbocycles. The van der Waals surface area contributed by atoms with E-state index in [4.69, 9.17) is 0 Å². The van der Waals surface area contributed by atoms with Crippen LogP contribution in [-0.2, 0) is 18.0 Å². The molecule has 4 nitrogen and oxygen atoms in total. The summed E-state index contributed by atoms with van der Waals surface area (Å²) in [5.74, 6) is -1.39. The third kappa shape index (κ3) is 2.24. The number of aromatic nitrogens is 2. The van der Waals surface area contributed by atoms with Gasteiger partial charge in [0.05, 0.1) is 6.20 Å². The molecular weight excluding hydrogens is 201 g/mol. The summed E-state index contributed by atoms with van der Waals surface area (Å²) in [7, 11) is 1.31. The molecule has 7 heteroatoms. The van der Waals surface area contributed by atoms with E-state index in [1.807, 2.05) is 0 Å². The molecule has 0 bridgehead atoms. The molecule has 0 spiro atoms. The summed E-state index contributed by atoms with van der Waals surface area (Å²) in [6.45, 7) is 1.02. The van der Waals surface area contributed by atoms with Gasteiger partial charge in [0, 0.05) is 14.0 Å². The first-order valence-electron chi connectivity index (χ1n) is 3.60. The van der Waals surface area contributed by atoms with Crippen LogP contribution in [-0.4, -0.2) is 15.7 Å². The Labute approximate surface area is 77.3 Å². The largest absolute Gasteiger partial charge is 0.438 e. The summed E-state index contributed by atoms with van der Waals surface area (Å²) in [5, 5.41) is 3.15. The van der Waals surface area contributed by atoms with Gasteiger partial charge in [-0.05, 0) is 0 Å². The van der Waals surface area contributed by atoms with E-state index < -0.39 is 23.6 Å². The van der Waals surface area contributed by atoms with Gasteiger partial charge < -0.3 is 4.74 Å². The molecule has 78 valence electrons. The van der Waals surface area contributed by atoms with E-state index in [2.05, 4.69) is 9.84 Å². The van der Waals surface area contributed by atoms with E-state index >= 15 is 0 Å². The monoisotopic (exact) mass is 208 g/mol. The van der Waals surface area contributed by atoms with Crippen LogP contribution in [0.2, 0.25) is 0 Å². The summed E-state index contributed by atoms with van der Waals surface area (Å²) >= 11 is 0. The molecule has 0 saturated heterocycles. The molecule has 14 heavy (non-hydrogen) atoms. The Bertz CT molecular complexity index is 356. The molecule has 0 atom stereocenters. The highest BCUT2D eigenvalue weighted by Gasteiger charge is 2.38. The zero-order valence-corrected chi connectivity index (χ0v) is 7.42. The Balaban J connectivity index is 3.09. The van der Waals surface area contributed by atoms with Crippen molar-refractivity contribution in [3.63, 3.8) is 0 Å². The normalized spacial score (nSPS) is 11.5. The Morgan fingerprint density at radius 3 is 2.57 bits per heavy atom. The van der Waals surface area contributed by atoms with Crippen LogP contribution in [0.25, 0.3) is 0 Å². The number of rotatable bonds is 1. The van der Waals surface area contributed by atoms with E-state index in [1.165, 1.54) is 7.05 Å². The first-order chi connectivity index (χ1) is 6.30. The van der Waals surface area contributed by atoms with Crippen molar-refractivity contribution in [2.24, 2.45) is 7.05 Å². The van der Waals surface area contributed by atoms with Crippen LogP contribution in [0.4, 0.5) is 13.2 Å². The molecule has 0 aromatic carbocycles. The standard InChI is InChI=1S/C7H7F3N2O2/c1-4(13)14-5-3-12(2)11-6(5)7(8,9)10/h3H,1-2H3. The fourth-order valence-electron chi connectivity index (χ4n) is 0.893. The molecule has 0 saturated carbocycles.